The van der Waals surface area contributed by atoms with E-state index in [1.165, 1.54) is 0 Å². The summed E-state index contributed by atoms with van der Waals surface area (Å²) >= 11 is 3.69. The number of carbonyl (C=O) groups excluding carboxylic acids is 1. The molecule has 0 aliphatic rings. The van der Waals surface area contributed by atoms with Gasteiger partial charge in [0.15, 0.2) is 0 Å². The second-order valence-electron chi connectivity index (χ2n) is 1.87. The summed E-state index contributed by atoms with van der Waals surface area (Å²) in [5.41, 5.74) is 0. The molecule has 0 unspecified atom stereocenters. The van der Waals surface area contributed by atoms with Crippen molar-refractivity contribution in [2.24, 2.45) is 0 Å². The molecule has 0 aromatic rings. The van der Waals surface area contributed by atoms with Crippen LogP contribution in [0.5, 0.6) is 0 Å². The number of carbonyl (C=O) groups is 1. The summed E-state index contributed by atoms with van der Waals surface area (Å²) in [6.45, 7) is -0.515. The fourth-order valence-corrected chi connectivity index (χ4v) is 0.581. The molecule has 0 saturated heterocycles. The molecule has 0 aliphatic carbocycles. The minimum absolute atomic E-state index is 0.260. The average Bonchev–Trinajstić information content (AvgIpc) is 2.00. The lowest BCUT2D eigenvalue weighted by Gasteiger charge is -2.16. The summed E-state index contributed by atoms with van der Waals surface area (Å²) in [6, 6.07) is 0. The van der Waals surface area contributed by atoms with Gasteiger partial charge in [0.05, 0.1) is 18.0 Å². The second-order valence-corrected chi connectivity index (χ2v) is 2.46. The zero-order valence-electron chi connectivity index (χ0n) is 5.21. The van der Waals surface area contributed by atoms with Crippen LogP contribution in [0.1, 0.15) is 0 Å². The van der Waals surface area contributed by atoms with Crippen LogP contribution in [0, 0.1) is 0 Å². The van der Waals surface area contributed by atoms with E-state index in [4.69, 9.17) is 15.3 Å². The zero-order chi connectivity index (χ0) is 8.15. The molecular formula is C5H10O4S. The number of rotatable bonds is 4. The highest BCUT2D eigenvalue weighted by Gasteiger charge is 2.21. The van der Waals surface area contributed by atoms with Crippen LogP contribution in [0.2, 0.25) is 0 Å². The van der Waals surface area contributed by atoms with Crippen LogP contribution < -0.4 is 0 Å². The van der Waals surface area contributed by atoms with Gasteiger partial charge in [0.25, 0.3) is 0 Å². The Morgan fingerprint density at radius 2 is 2.00 bits per heavy atom. The first kappa shape index (κ1) is 9.90. The highest BCUT2D eigenvalue weighted by atomic mass is 32.1. The first-order chi connectivity index (χ1) is 4.63. The van der Waals surface area contributed by atoms with Crippen molar-refractivity contribution in [3.05, 3.63) is 0 Å². The van der Waals surface area contributed by atoms with Gasteiger partial charge in [-0.2, -0.15) is 12.6 Å². The third-order valence-electron chi connectivity index (χ3n) is 1.07. The second kappa shape index (κ2) is 4.68. The van der Waals surface area contributed by atoms with E-state index < -0.39 is 24.1 Å². The van der Waals surface area contributed by atoms with E-state index in [1.54, 1.807) is 0 Å². The Hall–Kier alpha value is -0.100. The van der Waals surface area contributed by atoms with Gasteiger partial charge in [0.1, 0.15) is 12.4 Å². The summed E-state index contributed by atoms with van der Waals surface area (Å²) in [4.78, 5) is 9.88. The molecule has 0 bridgehead atoms. The highest BCUT2D eigenvalue weighted by Crippen LogP contribution is 2.05. The Morgan fingerprint density at radius 1 is 1.50 bits per heavy atom. The van der Waals surface area contributed by atoms with Gasteiger partial charge in [0, 0.05) is 0 Å². The maximum atomic E-state index is 9.88. The molecule has 3 N–H and O–H groups in total. The van der Waals surface area contributed by atoms with Crippen molar-refractivity contribution in [3.8, 4) is 0 Å². The number of aldehydes is 1. The number of thiol groups is 1. The molecule has 10 heavy (non-hydrogen) atoms. The van der Waals surface area contributed by atoms with Crippen molar-refractivity contribution >= 4 is 18.9 Å². The Kier molecular flexibility index (Phi) is 4.63. The van der Waals surface area contributed by atoms with Gasteiger partial charge in [-0.05, 0) is 0 Å². The molecule has 0 rings (SSSR count). The van der Waals surface area contributed by atoms with Gasteiger partial charge in [-0.1, -0.05) is 0 Å². The standard InChI is InChI=1S/C5H10O4S/c6-1-3(8)5(10)4(9)2-7/h1,3-5,7-10H,2H2/t3-,4+,5-/m0/s1. The van der Waals surface area contributed by atoms with E-state index in [0.29, 0.717) is 0 Å². The van der Waals surface area contributed by atoms with E-state index in [1.807, 2.05) is 0 Å². The summed E-state index contributed by atoms with van der Waals surface area (Å²) in [7, 11) is 0. The number of hydrogen-bond acceptors (Lipinski definition) is 5. The molecule has 0 aromatic heterocycles. The molecule has 0 heterocycles. The quantitative estimate of drug-likeness (QED) is 0.293. The lowest BCUT2D eigenvalue weighted by Crippen LogP contribution is -2.36. The Morgan fingerprint density at radius 3 is 2.30 bits per heavy atom. The minimum Gasteiger partial charge on any atom is -0.394 e. The fraction of sp³-hybridized carbons (Fsp3) is 0.800. The summed E-state index contributed by atoms with van der Waals surface area (Å²) in [6.07, 6.45) is -2.23. The van der Waals surface area contributed by atoms with E-state index in [0.717, 1.165) is 0 Å². The van der Waals surface area contributed by atoms with Crippen LogP contribution in [0.4, 0.5) is 0 Å². The normalized spacial score (nSPS) is 19.6. The first-order valence-electron chi connectivity index (χ1n) is 2.73. The average molecular weight is 166 g/mol. The predicted molar refractivity (Wildman–Crippen MR) is 37.9 cm³/mol. The molecule has 0 aromatic carbocycles. The van der Waals surface area contributed by atoms with Crippen LogP contribution in [-0.2, 0) is 4.79 Å². The van der Waals surface area contributed by atoms with Crippen molar-refractivity contribution < 1.29 is 20.1 Å². The van der Waals surface area contributed by atoms with Crippen molar-refractivity contribution in [3.63, 3.8) is 0 Å². The maximum Gasteiger partial charge on any atom is 0.149 e. The SMILES string of the molecule is O=C[C@H](O)[C@H](S)[C@H](O)CO. The number of hydrogen-bond donors (Lipinski definition) is 4. The molecule has 0 radical (unpaired) electrons. The smallest absolute Gasteiger partial charge is 0.149 e. The fourth-order valence-electron chi connectivity index (χ4n) is 0.416. The van der Waals surface area contributed by atoms with Crippen LogP contribution in [-0.4, -0.2) is 45.7 Å². The molecule has 0 spiro atoms. The predicted octanol–water partition coefficient (Wildman–Crippen LogP) is -1.80. The van der Waals surface area contributed by atoms with E-state index in [-0.39, 0.29) is 6.29 Å². The molecule has 60 valence electrons. The summed E-state index contributed by atoms with van der Waals surface area (Å²) in [5, 5.41) is 24.9. The molecule has 4 nitrogen and oxygen atoms in total. The minimum atomic E-state index is -1.33. The third kappa shape index (κ3) is 2.66. The summed E-state index contributed by atoms with van der Waals surface area (Å²) < 4.78 is 0. The lowest BCUT2D eigenvalue weighted by atomic mass is 10.2. The lowest BCUT2D eigenvalue weighted by molar-refractivity contribution is -0.116. The Labute approximate surface area is 63.9 Å². The monoisotopic (exact) mass is 166 g/mol. The molecule has 0 amide bonds. The van der Waals surface area contributed by atoms with Crippen LogP contribution in [0.25, 0.3) is 0 Å². The first-order valence-corrected chi connectivity index (χ1v) is 3.25. The molecule has 3 atom stereocenters. The van der Waals surface area contributed by atoms with Gasteiger partial charge >= 0.3 is 0 Å². The molecular weight excluding hydrogens is 156 g/mol. The third-order valence-corrected chi connectivity index (χ3v) is 1.72. The highest BCUT2D eigenvalue weighted by molar-refractivity contribution is 7.81. The van der Waals surface area contributed by atoms with Gasteiger partial charge < -0.3 is 20.1 Å². The molecule has 0 saturated carbocycles. The number of aliphatic hydroxyl groups is 3. The van der Waals surface area contributed by atoms with Crippen molar-refractivity contribution in [1.82, 2.24) is 0 Å². The van der Waals surface area contributed by atoms with Gasteiger partial charge in [-0.25, -0.2) is 0 Å². The van der Waals surface area contributed by atoms with Crippen LogP contribution >= 0.6 is 12.6 Å². The van der Waals surface area contributed by atoms with E-state index in [2.05, 4.69) is 12.6 Å². The number of aliphatic hydroxyl groups excluding tert-OH is 3. The maximum absolute atomic E-state index is 9.88. The van der Waals surface area contributed by atoms with Crippen LogP contribution in [0.15, 0.2) is 0 Å². The van der Waals surface area contributed by atoms with Crippen molar-refractivity contribution in [1.29, 1.82) is 0 Å². The molecule has 0 fully saturated rings. The zero-order valence-corrected chi connectivity index (χ0v) is 6.11. The van der Waals surface area contributed by atoms with Crippen LogP contribution in [0.3, 0.4) is 0 Å². The van der Waals surface area contributed by atoms with E-state index >= 15 is 0 Å². The Balaban J connectivity index is 3.80. The van der Waals surface area contributed by atoms with E-state index in [9.17, 15) is 4.79 Å². The van der Waals surface area contributed by atoms with Gasteiger partial charge in [-0.15, -0.1) is 0 Å². The van der Waals surface area contributed by atoms with Gasteiger partial charge in [-0.3, -0.25) is 0 Å². The summed E-state index contributed by atoms with van der Waals surface area (Å²) in [5.74, 6) is 0. The Bertz CT molecular complexity index is 108. The largest absolute Gasteiger partial charge is 0.394 e. The molecule has 5 heteroatoms. The topological polar surface area (TPSA) is 77.8 Å². The van der Waals surface area contributed by atoms with Crippen molar-refractivity contribution in [2.45, 2.75) is 17.5 Å². The van der Waals surface area contributed by atoms with Crippen molar-refractivity contribution in [2.75, 3.05) is 6.61 Å². The molecule has 0 aliphatic heterocycles. The van der Waals surface area contributed by atoms with Gasteiger partial charge in [0.2, 0.25) is 0 Å².